The molecule has 1 aromatic heterocycles. The number of rotatable bonds is 0. The fraction of sp³-hybridized carbons (Fsp3) is 0.0833. The minimum atomic E-state index is -4.41. The summed E-state index contributed by atoms with van der Waals surface area (Å²) in [5, 5.41) is 0.176. The minimum Gasteiger partial charge on any atom is -0.265 e. The summed E-state index contributed by atoms with van der Waals surface area (Å²) in [5.74, 6) is 2.57. The summed E-state index contributed by atoms with van der Waals surface area (Å²) in [6.07, 6.45) is 0.126. The molecule has 0 atom stereocenters. The summed E-state index contributed by atoms with van der Waals surface area (Å²) in [5.41, 5.74) is -0.651. The molecule has 1 aromatic carbocycles. The lowest BCUT2D eigenvalue weighted by atomic mass is 10.1. The summed E-state index contributed by atoms with van der Waals surface area (Å²) in [6, 6.07) is 5.64. The Hall–Kier alpha value is -1.93. The largest absolute Gasteiger partial charge is 0.416 e. The van der Waals surface area contributed by atoms with Crippen molar-refractivity contribution in [1.29, 1.82) is 0 Å². The first-order valence-corrected chi connectivity index (χ1v) is 5.21. The Morgan fingerprint density at radius 2 is 2.06 bits per heavy atom. The Bertz CT molecular complexity index is 606. The topological polar surface area (TPSA) is 17.8 Å². The predicted molar refractivity (Wildman–Crippen MR) is 61.0 cm³/mol. The van der Waals surface area contributed by atoms with E-state index in [4.69, 9.17) is 11.6 Å². The molecule has 2 nitrogen and oxygen atoms in total. The molecule has 1 heterocycles. The van der Waals surface area contributed by atoms with Crippen LogP contribution in [0.5, 0.6) is 0 Å². The lowest BCUT2D eigenvalue weighted by molar-refractivity contribution is -0.137. The van der Waals surface area contributed by atoms with E-state index in [9.17, 15) is 13.2 Å². The van der Waals surface area contributed by atoms with Crippen molar-refractivity contribution in [3.8, 4) is 12.0 Å². The van der Waals surface area contributed by atoms with Crippen LogP contribution >= 0.6 is 11.6 Å². The Kier molecular flexibility index (Phi) is 3.30. The summed E-state index contributed by atoms with van der Waals surface area (Å²) in [6.45, 7) is 0. The standard InChI is InChI=1S/C12H6ClF3N2/c13-11-2-1-10(12(14,15)16)7-9(11)3-5-18-6-4-17-8-18/h1-2,4,6-8H. The van der Waals surface area contributed by atoms with Gasteiger partial charge in [-0.1, -0.05) is 11.6 Å². The zero-order valence-electron chi connectivity index (χ0n) is 8.87. The molecule has 0 radical (unpaired) electrons. The van der Waals surface area contributed by atoms with Gasteiger partial charge in [-0.2, -0.15) is 13.2 Å². The molecule has 0 bridgehead atoms. The van der Waals surface area contributed by atoms with Crippen LogP contribution in [-0.4, -0.2) is 9.55 Å². The molecule has 2 rings (SSSR count). The van der Waals surface area contributed by atoms with Crippen LogP contribution in [0.4, 0.5) is 13.2 Å². The molecule has 0 aliphatic heterocycles. The maximum atomic E-state index is 12.5. The SMILES string of the molecule is FC(F)(F)c1ccc(Cl)c(C#Cn2ccnc2)c1. The minimum absolute atomic E-state index is 0.125. The number of nitrogens with zero attached hydrogens (tertiary/aromatic N) is 2. The van der Waals surface area contributed by atoms with Gasteiger partial charge in [-0.15, -0.1) is 0 Å². The Balaban J connectivity index is 2.39. The number of aromatic nitrogens is 2. The monoisotopic (exact) mass is 270 g/mol. The normalized spacial score (nSPS) is 10.9. The van der Waals surface area contributed by atoms with Crippen molar-refractivity contribution in [2.75, 3.05) is 0 Å². The highest BCUT2D eigenvalue weighted by molar-refractivity contribution is 6.31. The van der Waals surface area contributed by atoms with E-state index in [0.29, 0.717) is 0 Å². The number of hydrogen-bond acceptors (Lipinski definition) is 1. The van der Waals surface area contributed by atoms with Gasteiger partial charge in [0.05, 0.1) is 10.6 Å². The molecule has 18 heavy (non-hydrogen) atoms. The second-order valence-electron chi connectivity index (χ2n) is 3.40. The third kappa shape index (κ3) is 2.84. The van der Waals surface area contributed by atoms with Crippen molar-refractivity contribution in [3.05, 3.63) is 53.1 Å². The van der Waals surface area contributed by atoms with Gasteiger partial charge in [0.15, 0.2) is 0 Å². The Labute approximate surface area is 106 Å². The van der Waals surface area contributed by atoms with Gasteiger partial charge >= 0.3 is 6.18 Å². The molecule has 0 aliphatic rings. The molecule has 0 aliphatic carbocycles. The number of imidazole rings is 1. The van der Waals surface area contributed by atoms with E-state index in [2.05, 4.69) is 16.9 Å². The van der Waals surface area contributed by atoms with Crippen molar-refractivity contribution >= 4 is 11.6 Å². The molecule has 0 amide bonds. The summed E-state index contributed by atoms with van der Waals surface area (Å²) in [7, 11) is 0. The number of alkyl halides is 3. The molecule has 0 unspecified atom stereocenters. The molecule has 0 saturated carbocycles. The fourth-order valence-electron chi connectivity index (χ4n) is 1.25. The van der Waals surface area contributed by atoms with Crippen molar-refractivity contribution in [2.24, 2.45) is 0 Å². The number of halogens is 4. The third-order valence-corrected chi connectivity index (χ3v) is 2.45. The van der Waals surface area contributed by atoms with Gasteiger partial charge in [0.1, 0.15) is 6.33 Å². The summed E-state index contributed by atoms with van der Waals surface area (Å²) < 4.78 is 38.9. The van der Waals surface area contributed by atoms with E-state index in [1.165, 1.54) is 23.2 Å². The molecule has 92 valence electrons. The van der Waals surface area contributed by atoms with Gasteiger partial charge in [0, 0.05) is 24.0 Å². The summed E-state index contributed by atoms with van der Waals surface area (Å²) in [4.78, 5) is 3.76. The van der Waals surface area contributed by atoms with E-state index in [1.807, 2.05) is 0 Å². The highest BCUT2D eigenvalue weighted by Gasteiger charge is 2.30. The smallest absolute Gasteiger partial charge is 0.265 e. The second kappa shape index (κ2) is 4.75. The van der Waals surface area contributed by atoms with Crippen LogP contribution in [0.1, 0.15) is 11.1 Å². The maximum Gasteiger partial charge on any atom is 0.416 e. The Morgan fingerprint density at radius 3 is 2.67 bits per heavy atom. The first kappa shape index (κ1) is 12.5. The first-order chi connectivity index (χ1) is 8.47. The van der Waals surface area contributed by atoms with Gasteiger partial charge < -0.3 is 0 Å². The van der Waals surface area contributed by atoms with Gasteiger partial charge in [0.2, 0.25) is 0 Å². The predicted octanol–water partition coefficient (Wildman–Crippen LogP) is 3.41. The molecule has 0 N–H and O–H groups in total. The van der Waals surface area contributed by atoms with Crippen LogP contribution in [0, 0.1) is 12.0 Å². The van der Waals surface area contributed by atoms with Crippen LogP contribution in [0.3, 0.4) is 0 Å². The molecule has 0 fully saturated rings. The van der Waals surface area contributed by atoms with Crippen molar-refractivity contribution in [3.63, 3.8) is 0 Å². The quantitative estimate of drug-likeness (QED) is 0.671. The number of hydrogen-bond donors (Lipinski definition) is 0. The van der Waals surface area contributed by atoms with Gasteiger partial charge in [-0.3, -0.25) is 4.57 Å². The van der Waals surface area contributed by atoms with E-state index in [1.54, 1.807) is 6.20 Å². The lowest BCUT2D eigenvalue weighted by Gasteiger charge is -2.07. The first-order valence-electron chi connectivity index (χ1n) is 4.83. The number of benzene rings is 1. The van der Waals surface area contributed by atoms with E-state index in [0.717, 1.165) is 12.1 Å². The van der Waals surface area contributed by atoms with Crippen LogP contribution in [0.25, 0.3) is 0 Å². The van der Waals surface area contributed by atoms with Gasteiger partial charge in [-0.05, 0) is 24.1 Å². The average Bonchev–Trinajstić information content (AvgIpc) is 2.79. The van der Waals surface area contributed by atoms with Crippen molar-refractivity contribution in [1.82, 2.24) is 9.55 Å². The molecule has 6 heteroatoms. The zero-order valence-corrected chi connectivity index (χ0v) is 9.63. The van der Waals surface area contributed by atoms with Crippen LogP contribution in [0.15, 0.2) is 36.9 Å². The van der Waals surface area contributed by atoms with Crippen LogP contribution in [0.2, 0.25) is 5.02 Å². The molecular formula is C12H6ClF3N2. The Morgan fingerprint density at radius 1 is 1.28 bits per heavy atom. The lowest BCUT2D eigenvalue weighted by Crippen LogP contribution is -2.04. The van der Waals surface area contributed by atoms with Crippen molar-refractivity contribution in [2.45, 2.75) is 6.18 Å². The third-order valence-electron chi connectivity index (χ3n) is 2.12. The van der Waals surface area contributed by atoms with E-state index in [-0.39, 0.29) is 10.6 Å². The summed E-state index contributed by atoms with van der Waals surface area (Å²) >= 11 is 5.79. The van der Waals surface area contributed by atoms with E-state index >= 15 is 0 Å². The second-order valence-corrected chi connectivity index (χ2v) is 3.81. The fourth-order valence-corrected chi connectivity index (χ4v) is 1.41. The molecular weight excluding hydrogens is 265 g/mol. The van der Waals surface area contributed by atoms with Crippen LogP contribution in [-0.2, 0) is 6.18 Å². The highest BCUT2D eigenvalue weighted by Crippen LogP contribution is 2.31. The molecule has 2 aromatic rings. The maximum absolute atomic E-state index is 12.5. The van der Waals surface area contributed by atoms with E-state index < -0.39 is 11.7 Å². The zero-order chi connectivity index (χ0) is 13.2. The highest BCUT2D eigenvalue weighted by atomic mass is 35.5. The van der Waals surface area contributed by atoms with Gasteiger partial charge in [0.25, 0.3) is 0 Å². The molecule has 0 spiro atoms. The average molecular weight is 271 g/mol. The van der Waals surface area contributed by atoms with Gasteiger partial charge in [-0.25, -0.2) is 4.98 Å². The van der Waals surface area contributed by atoms with Crippen molar-refractivity contribution < 1.29 is 13.2 Å². The van der Waals surface area contributed by atoms with Crippen LogP contribution < -0.4 is 0 Å². The molecule has 0 saturated heterocycles.